The molecule has 0 heterocycles. The number of benzene rings is 1. The molecular formula is C8H9FNSi. The van der Waals surface area contributed by atoms with Gasteiger partial charge in [0.05, 0.1) is 10.2 Å². The summed E-state index contributed by atoms with van der Waals surface area (Å²) in [6, 6.07) is 6.09. The van der Waals surface area contributed by atoms with Crippen molar-refractivity contribution in [3.05, 3.63) is 35.6 Å². The first-order chi connectivity index (χ1) is 5.00. The van der Waals surface area contributed by atoms with Crippen LogP contribution in [0, 0.1) is 5.82 Å². The van der Waals surface area contributed by atoms with Crippen LogP contribution in [0.4, 0.5) is 4.39 Å². The van der Waals surface area contributed by atoms with Crippen LogP contribution in [0.3, 0.4) is 0 Å². The van der Waals surface area contributed by atoms with Crippen LogP contribution < -0.4 is 5.73 Å². The molecule has 0 bridgehead atoms. The van der Waals surface area contributed by atoms with Crippen molar-refractivity contribution >= 4 is 10.2 Å². The minimum atomic E-state index is -0.576. The lowest BCUT2D eigenvalue weighted by molar-refractivity contribution is 0.624. The first-order valence-electron chi connectivity index (χ1n) is 3.30. The SMILES string of the molecule is C[C@](N)([Si])c1ccc(F)cc1. The van der Waals surface area contributed by atoms with E-state index >= 15 is 0 Å². The summed E-state index contributed by atoms with van der Waals surface area (Å²) in [5.41, 5.74) is 6.55. The lowest BCUT2D eigenvalue weighted by Gasteiger charge is -2.18. The van der Waals surface area contributed by atoms with Gasteiger partial charge in [-0.15, -0.1) is 0 Å². The van der Waals surface area contributed by atoms with Crippen molar-refractivity contribution in [1.82, 2.24) is 0 Å². The van der Waals surface area contributed by atoms with Gasteiger partial charge in [-0.25, -0.2) is 4.39 Å². The quantitative estimate of drug-likeness (QED) is 0.622. The lowest BCUT2D eigenvalue weighted by Crippen LogP contribution is -2.32. The molecule has 11 heavy (non-hydrogen) atoms. The molecule has 1 nitrogen and oxygen atoms in total. The highest BCUT2D eigenvalue weighted by Gasteiger charge is 2.12. The van der Waals surface area contributed by atoms with Crippen molar-refractivity contribution in [3.8, 4) is 0 Å². The van der Waals surface area contributed by atoms with Gasteiger partial charge in [0.2, 0.25) is 0 Å². The largest absolute Gasteiger partial charge is 0.325 e. The molecule has 0 aromatic heterocycles. The fraction of sp³-hybridized carbons (Fsp3) is 0.250. The molecule has 1 rings (SSSR count). The standard InChI is InChI=1S/C8H9FNSi/c1-8(10,11)6-2-4-7(9)5-3-6/h2-5H,10H2,1H3/t8-/m0/s1. The lowest BCUT2D eigenvalue weighted by atomic mass is 10.1. The van der Waals surface area contributed by atoms with Crippen LogP contribution in [0.25, 0.3) is 0 Å². The van der Waals surface area contributed by atoms with Gasteiger partial charge >= 0.3 is 0 Å². The highest BCUT2D eigenvalue weighted by atomic mass is 28.1. The van der Waals surface area contributed by atoms with Crippen LogP contribution in [0.5, 0.6) is 0 Å². The highest BCUT2D eigenvalue weighted by molar-refractivity contribution is 6.15. The average Bonchev–Trinajstić information content (AvgIpc) is 1.86. The predicted octanol–water partition coefficient (Wildman–Crippen LogP) is 1.13. The van der Waals surface area contributed by atoms with E-state index in [-0.39, 0.29) is 5.82 Å². The molecule has 57 valence electrons. The van der Waals surface area contributed by atoms with E-state index in [4.69, 9.17) is 5.73 Å². The second-order valence-electron chi connectivity index (χ2n) is 2.71. The zero-order valence-corrected chi connectivity index (χ0v) is 7.26. The Bertz CT molecular complexity index is 237. The van der Waals surface area contributed by atoms with Gasteiger partial charge < -0.3 is 5.73 Å². The van der Waals surface area contributed by atoms with Gasteiger partial charge in [0.15, 0.2) is 0 Å². The third kappa shape index (κ3) is 2.13. The van der Waals surface area contributed by atoms with Gasteiger partial charge in [0, 0.05) is 5.16 Å². The Morgan fingerprint density at radius 3 is 2.18 bits per heavy atom. The summed E-state index contributed by atoms with van der Waals surface area (Å²) in [4.78, 5) is 0. The summed E-state index contributed by atoms with van der Waals surface area (Å²) < 4.78 is 12.4. The number of hydrogen-bond donors (Lipinski definition) is 1. The van der Waals surface area contributed by atoms with E-state index < -0.39 is 5.16 Å². The van der Waals surface area contributed by atoms with E-state index in [0.29, 0.717) is 0 Å². The van der Waals surface area contributed by atoms with E-state index in [0.717, 1.165) is 5.56 Å². The van der Waals surface area contributed by atoms with Gasteiger partial charge in [-0.2, -0.15) is 0 Å². The summed E-state index contributed by atoms with van der Waals surface area (Å²) >= 11 is 0. The van der Waals surface area contributed by atoms with Crippen LogP contribution >= 0.6 is 0 Å². The van der Waals surface area contributed by atoms with Crippen LogP contribution in [0.1, 0.15) is 12.5 Å². The Balaban J connectivity index is 2.99. The Morgan fingerprint density at radius 2 is 1.82 bits per heavy atom. The molecule has 0 unspecified atom stereocenters. The predicted molar refractivity (Wildman–Crippen MR) is 43.7 cm³/mol. The molecule has 0 fully saturated rings. The average molecular weight is 166 g/mol. The van der Waals surface area contributed by atoms with Crippen LogP contribution in [-0.2, 0) is 5.16 Å². The third-order valence-corrected chi connectivity index (χ3v) is 1.73. The van der Waals surface area contributed by atoms with Crippen LogP contribution in [0.2, 0.25) is 0 Å². The fourth-order valence-electron chi connectivity index (χ4n) is 0.796. The smallest absolute Gasteiger partial charge is 0.123 e. The van der Waals surface area contributed by atoms with Gasteiger partial charge in [-0.3, -0.25) is 0 Å². The number of rotatable bonds is 1. The topological polar surface area (TPSA) is 26.0 Å². The molecule has 0 aliphatic carbocycles. The maximum atomic E-state index is 12.4. The second-order valence-corrected chi connectivity index (χ2v) is 3.75. The molecule has 0 aliphatic heterocycles. The first kappa shape index (κ1) is 8.42. The highest BCUT2D eigenvalue weighted by Crippen LogP contribution is 2.13. The van der Waals surface area contributed by atoms with Crippen LogP contribution in [-0.4, -0.2) is 10.2 Å². The molecule has 2 N–H and O–H groups in total. The molecule has 0 spiro atoms. The summed E-state index contributed by atoms with van der Waals surface area (Å²) in [6.07, 6.45) is 0. The molecule has 0 aliphatic rings. The van der Waals surface area contributed by atoms with Gasteiger partial charge in [-0.1, -0.05) is 12.1 Å². The van der Waals surface area contributed by atoms with Gasteiger partial charge in [0.1, 0.15) is 5.82 Å². The monoisotopic (exact) mass is 166 g/mol. The molecule has 1 atom stereocenters. The van der Waals surface area contributed by atoms with Crippen molar-refractivity contribution in [2.75, 3.05) is 0 Å². The van der Waals surface area contributed by atoms with E-state index in [1.165, 1.54) is 12.1 Å². The van der Waals surface area contributed by atoms with E-state index in [1.54, 1.807) is 19.1 Å². The van der Waals surface area contributed by atoms with E-state index in [2.05, 4.69) is 10.2 Å². The van der Waals surface area contributed by atoms with Crippen molar-refractivity contribution in [2.24, 2.45) is 5.73 Å². The van der Waals surface area contributed by atoms with Crippen molar-refractivity contribution in [1.29, 1.82) is 0 Å². The Kier molecular flexibility index (Phi) is 2.11. The van der Waals surface area contributed by atoms with Gasteiger partial charge in [-0.05, 0) is 24.6 Å². The first-order valence-corrected chi connectivity index (χ1v) is 3.80. The van der Waals surface area contributed by atoms with E-state index in [1.807, 2.05) is 0 Å². The Morgan fingerprint density at radius 1 is 1.36 bits per heavy atom. The number of nitrogens with two attached hydrogens (primary N) is 1. The molecular weight excluding hydrogens is 157 g/mol. The second kappa shape index (κ2) is 2.75. The normalized spacial score (nSPS) is 16.0. The minimum Gasteiger partial charge on any atom is -0.325 e. The summed E-state index contributed by atoms with van der Waals surface area (Å²) in [5.74, 6) is -0.246. The Labute approximate surface area is 68.8 Å². The zero-order chi connectivity index (χ0) is 8.48. The fourth-order valence-corrected chi connectivity index (χ4v) is 0.963. The van der Waals surface area contributed by atoms with Crippen LogP contribution in [0.15, 0.2) is 24.3 Å². The maximum absolute atomic E-state index is 12.4. The van der Waals surface area contributed by atoms with Crippen molar-refractivity contribution in [2.45, 2.75) is 12.1 Å². The molecule has 0 amide bonds. The van der Waals surface area contributed by atoms with Gasteiger partial charge in [0.25, 0.3) is 0 Å². The summed E-state index contributed by atoms with van der Waals surface area (Å²) in [7, 11) is 3.32. The molecule has 3 heteroatoms. The molecule has 1 aromatic carbocycles. The maximum Gasteiger partial charge on any atom is 0.123 e. The molecule has 0 saturated carbocycles. The molecule has 0 saturated heterocycles. The van der Waals surface area contributed by atoms with Crippen molar-refractivity contribution in [3.63, 3.8) is 0 Å². The van der Waals surface area contributed by atoms with E-state index in [9.17, 15) is 4.39 Å². The number of hydrogen-bond acceptors (Lipinski definition) is 1. The summed E-state index contributed by atoms with van der Waals surface area (Å²) in [6.45, 7) is 1.80. The Hall–Kier alpha value is -0.673. The third-order valence-electron chi connectivity index (χ3n) is 1.44. The zero-order valence-electron chi connectivity index (χ0n) is 6.26. The van der Waals surface area contributed by atoms with Crippen molar-refractivity contribution < 1.29 is 4.39 Å². The number of halogens is 1. The minimum absolute atomic E-state index is 0.246. The summed E-state index contributed by atoms with van der Waals surface area (Å²) in [5, 5.41) is -0.576. The molecule has 1 aromatic rings. The molecule has 3 radical (unpaired) electrons.